The topological polar surface area (TPSA) is 57.8 Å². The Morgan fingerprint density at radius 1 is 1.37 bits per heavy atom. The van der Waals surface area contributed by atoms with Crippen molar-refractivity contribution in [1.29, 1.82) is 0 Å². The number of thiazole rings is 1. The fraction of sp³-hybridized carbons (Fsp3) is 0.167. The van der Waals surface area contributed by atoms with Crippen LogP contribution in [0.2, 0.25) is 4.47 Å². The molecule has 0 fully saturated rings. The average molecular weight is 406 g/mol. The maximum Gasteiger partial charge on any atom is 0.183 e. The number of halogens is 2. The zero-order chi connectivity index (χ0) is 13.5. The minimum absolute atomic E-state index is 0.309. The Balaban J connectivity index is 2.13. The monoisotopic (exact) mass is 405 g/mol. The Labute approximate surface area is 128 Å². The first kappa shape index (κ1) is 13.3. The van der Waals surface area contributed by atoms with E-state index in [1.54, 1.807) is 13.1 Å². The van der Waals surface area contributed by atoms with Gasteiger partial charge in [-0.15, -0.1) is 11.3 Å². The van der Waals surface area contributed by atoms with E-state index in [0.29, 0.717) is 9.34 Å². The van der Waals surface area contributed by atoms with Gasteiger partial charge in [-0.05, 0) is 24.6 Å². The smallest absolute Gasteiger partial charge is 0.183 e. The van der Waals surface area contributed by atoms with Gasteiger partial charge in [-0.1, -0.05) is 17.7 Å². The van der Waals surface area contributed by atoms with Gasteiger partial charge in [0.2, 0.25) is 0 Å². The Bertz CT molecular complexity index is 785. The predicted octanol–water partition coefficient (Wildman–Crippen LogP) is 1.95. The minimum atomic E-state index is -1.12. The number of fused-ring (bicyclic) bond motifs is 1. The molecule has 19 heavy (non-hydrogen) atoms. The van der Waals surface area contributed by atoms with Crippen LogP contribution in [0.5, 0.6) is 0 Å². The van der Waals surface area contributed by atoms with Crippen LogP contribution in [0.15, 0.2) is 32.6 Å². The maximum atomic E-state index is 10.7. The van der Waals surface area contributed by atoms with Crippen molar-refractivity contribution in [3.63, 3.8) is 0 Å². The molecule has 0 radical (unpaired) electrons. The largest absolute Gasteiger partial charge is 0.380 e. The maximum absolute atomic E-state index is 10.7. The lowest BCUT2D eigenvalue weighted by molar-refractivity contribution is 0.106. The predicted molar refractivity (Wildman–Crippen MR) is 84.6 cm³/mol. The van der Waals surface area contributed by atoms with Crippen LogP contribution in [0, 0.1) is 0 Å². The summed E-state index contributed by atoms with van der Waals surface area (Å²) >= 11 is 6.80. The van der Waals surface area contributed by atoms with Crippen LogP contribution in [-0.2, 0) is 5.60 Å². The third kappa shape index (κ3) is 2.49. The number of nitrogens with zero attached hydrogens (tertiary/aromatic N) is 3. The number of hydrogen-bond acceptors (Lipinski definition) is 5. The van der Waals surface area contributed by atoms with Crippen LogP contribution in [-0.4, -0.2) is 14.2 Å². The number of benzene rings is 1. The third-order valence-corrected chi connectivity index (χ3v) is 5.52. The van der Waals surface area contributed by atoms with Gasteiger partial charge in [-0.25, -0.2) is 13.2 Å². The summed E-state index contributed by atoms with van der Waals surface area (Å²) in [5.41, 5.74) is -0.360. The van der Waals surface area contributed by atoms with E-state index in [-0.39, 0.29) is 21.0 Å². The van der Waals surface area contributed by atoms with Crippen LogP contribution < -0.4 is 10.7 Å². The van der Waals surface area contributed by atoms with Crippen molar-refractivity contribution in [1.82, 2.24) is 4.98 Å². The third-order valence-electron chi connectivity index (χ3n) is 2.87. The molecule has 2 aromatic rings. The van der Waals surface area contributed by atoms with Gasteiger partial charge in [0.05, 0.1) is 19.7 Å². The summed E-state index contributed by atoms with van der Waals surface area (Å²) in [6.45, 7) is 1.73. The second kappa shape index (κ2) is 5.01. The second-order valence-corrected chi connectivity index (χ2v) is 7.37. The van der Waals surface area contributed by atoms with Crippen molar-refractivity contribution in [3.05, 3.63) is 50.0 Å². The Hall–Kier alpha value is -0.700. The average Bonchev–Trinajstić information content (AvgIpc) is 2.85. The molecule has 1 atom stereocenters. The van der Waals surface area contributed by atoms with E-state index in [0.717, 1.165) is 16.3 Å². The fourth-order valence-corrected chi connectivity index (χ4v) is 4.03. The van der Waals surface area contributed by atoms with Gasteiger partial charge >= 0.3 is 0 Å². The van der Waals surface area contributed by atoms with E-state index in [4.69, 9.17) is 11.6 Å². The van der Waals surface area contributed by atoms with Gasteiger partial charge in [0.1, 0.15) is 5.60 Å². The number of rotatable bonds is 2. The molecule has 0 spiro atoms. The van der Waals surface area contributed by atoms with E-state index in [9.17, 15) is 5.11 Å². The lowest BCUT2D eigenvalue weighted by Gasteiger charge is -2.21. The summed E-state index contributed by atoms with van der Waals surface area (Å²) in [6, 6.07) is 5.64. The molecule has 0 saturated carbocycles. The molecule has 7 heteroatoms. The summed E-state index contributed by atoms with van der Waals surface area (Å²) in [4.78, 5) is 9.03. The van der Waals surface area contributed by atoms with Crippen LogP contribution in [0.1, 0.15) is 17.4 Å². The Morgan fingerprint density at radius 2 is 2.21 bits per heavy atom. The van der Waals surface area contributed by atoms with Crippen LogP contribution in [0.3, 0.4) is 0 Å². The Kier molecular flexibility index (Phi) is 3.50. The van der Waals surface area contributed by atoms with Gasteiger partial charge in [0, 0.05) is 27.2 Å². The summed E-state index contributed by atoms with van der Waals surface area (Å²) in [5, 5.41) is 12.4. The van der Waals surface area contributed by atoms with Gasteiger partial charge in [-0.2, -0.15) is 0 Å². The van der Waals surface area contributed by atoms with Crippen LogP contribution in [0.25, 0.3) is 0 Å². The number of hydrogen-bond donors (Lipinski definition) is 1. The first-order valence-corrected chi connectivity index (χ1v) is 8.83. The molecule has 1 aromatic heterocycles. The van der Waals surface area contributed by atoms with Crippen molar-refractivity contribution in [3.8, 4) is 0 Å². The number of aliphatic hydroxyl groups is 1. The molecular weight excluding hydrogens is 397 g/mol. The summed E-state index contributed by atoms with van der Waals surface area (Å²) in [6.07, 6.45) is 1.60. The van der Waals surface area contributed by atoms with E-state index in [1.807, 2.05) is 22.3 Å². The van der Waals surface area contributed by atoms with Crippen molar-refractivity contribution in [2.45, 2.75) is 12.5 Å². The number of aromatic nitrogens is 1. The first-order chi connectivity index (χ1) is 9.07. The highest BCUT2D eigenvalue weighted by atomic mass is 127. The van der Waals surface area contributed by atoms with Gasteiger partial charge < -0.3 is 5.11 Å². The van der Waals surface area contributed by atoms with Gasteiger partial charge in [0.25, 0.3) is 0 Å². The summed E-state index contributed by atoms with van der Waals surface area (Å²) < 4.78 is 6.73. The van der Waals surface area contributed by atoms with Crippen LogP contribution in [0.4, 0.5) is 0 Å². The summed E-state index contributed by atoms with van der Waals surface area (Å²) in [5.74, 6) is 0. The molecule has 0 aliphatic carbocycles. The molecule has 1 aliphatic rings. The van der Waals surface area contributed by atoms with Gasteiger partial charge in [0.15, 0.2) is 4.47 Å². The second-order valence-electron chi connectivity index (χ2n) is 4.16. The zero-order valence-electron chi connectivity index (χ0n) is 9.84. The molecule has 2 heterocycles. The highest BCUT2D eigenvalue weighted by Gasteiger charge is 2.28. The minimum Gasteiger partial charge on any atom is -0.380 e. The van der Waals surface area contributed by atoms with Gasteiger partial charge in [-0.3, -0.25) is 0 Å². The molecule has 1 aliphatic heterocycles. The van der Waals surface area contributed by atoms with E-state index in [1.165, 1.54) is 11.3 Å². The van der Waals surface area contributed by atoms with Crippen LogP contribution >= 0.6 is 43.9 Å². The molecule has 1 N–H and O–H groups in total. The lowest BCUT2D eigenvalue weighted by atomic mass is 9.94. The molecule has 3 rings (SSSR count). The quantitative estimate of drug-likeness (QED) is 0.777. The van der Waals surface area contributed by atoms with Crippen molar-refractivity contribution in [2.75, 3.05) is 0 Å². The van der Waals surface area contributed by atoms with E-state index >= 15 is 0 Å². The molecule has 1 unspecified atom stereocenters. The molecular formula is C12H9ClIN3OS. The highest BCUT2D eigenvalue weighted by Crippen LogP contribution is 2.33. The SMILES string of the molecule is CC(O)(c1ccc2c(c1)=NC=IN=2)c1cnc(Cl)s1. The van der Waals surface area contributed by atoms with E-state index < -0.39 is 5.60 Å². The molecule has 0 saturated heterocycles. The normalized spacial score (nSPS) is 16.6. The zero-order valence-corrected chi connectivity index (χ0v) is 13.6. The summed E-state index contributed by atoms with van der Waals surface area (Å²) in [7, 11) is 0. The van der Waals surface area contributed by atoms with Crippen molar-refractivity contribution in [2.24, 2.45) is 8.20 Å². The van der Waals surface area contributed by atoms with Crippen molar-refractivity contribution >= 4 is 48.1 Å². The van der Waals surface area contributed by atoms with Crippen molar-refractivity contribution < 1.29 is 5.11 Å². The fourth-order valence-electron chi connectivity index (χ4n) is 1.77. The molecule has 1 aromatic carbocycles. The molecule has 98 valence electrons. The lowest BCUT2D eigenvalue weighted by Crippen LogP contribution is -2.30. The van der Waals surface area contributed by atoms with E-state index in [2.05, 4.69) is 13.2 Å². The molecule has 0 bridgehead atoms. The molecule has 4 nitrogen and oxygen atoms in total. The molecule has 0 amide bonds. The highest BCUT2D eigenvalue weighted by molar-refractivity contribution is 14.2. The standard InChI is InChI=1S/C12H9ClIN3OS/c1-12(18,10-5-15-11(13)19-10)7-2-3-8-9(4-7)16-6-14-17-8/h2-6,18H,1H3. The Morgan fingerprint density at radius 3 is 2.95 bits per heavy atom. The first-order valence-electron chi connectivity index (χ1n) is 5.42.